The van der Waals surface area contributed by atoms with E-state index in [-0.39, 0.29) is 0 Å². The number of hydrogen-bond donors (Lipinski definition) is 1. The Morgan fingerprint density at radius 1 is 1.33 bits per heavy atom. The zero-order valence-electron chi connectivity index (χ0n) is 11.1. The van der Waals surface area contributed by atoms with Gasteiger partial charge >= 0.3 is 0 Å². The number of halogens is 1. The first kappa shape index (κ1) is 13.9. The third-order valence-corrected chi connectivity index (χ3v) is 4.33. The van der Waals surface area contributed by atoms with Crippen molar-refractivity contribution in [1.82, 2.24) is 4.90 Å². The quantitative estimate of drug-likeness (QED) is 0.907. The fourth-order valence-corrected chi connectivity index (χ4v) is 2.95. The summed E-state index contributed by atoms with van der Waals surface area (Å²) in [5.74, 6) is 1.23. The zero-order chi connectivity index (χ0) is 13.0. The first-order valence-electron chi connectivity index (χ1n) is 6.87. The van der Waals surface area contributed by atoms with Gasteiger partial charge in [-0.2, -0.15) is 0 Å². The molecule has 2 nitrogen and oxygen atoms in total. The molecular formula is C15H23ClN2. The highest BCUT2D eigenvalue weighted by atomic mass is 35.5. The number of piperidine rings is 1. The minimum absolute atomic E-state index is 0.354. The van der Waals surface area contributed by atoms with Crippen LogP contribution >= 0.6 is 11.6 Å². The van der Waals surface area contributed by atoms with E-state index in [1.807, 2.05) is 18.2 Å². The number of rotatable bonds is 4. The molecule has 1 aromatic carbocycles. The van der Waals surface area contributed by atoms with Crippen molar-refractivity contribution in [2.75, 3.05) is 26.2 Å². The van der Waals surface area contributed by atoms with Crippen molar-refractivity contribution in [3.8, 4) is 0 Å². The summed E-state index contributed by atoms with van der Waals surface area (Å²) in [6, 6.07) is 8.08. The molecule has 2 N–H and O–H groups in total. The Kier molecular flexibility index (Phi) is 5.04. The molecule has 0 spiro atoms. The molecule has 0 amide bonds. The summed E-state index contributed by atoms with van der Waals surface area (Å²) in [5, 5.41) is 0.846. The Balaban J connectivity index is 1.99. The van der Waals surface area contributed by atoms with E-state index in [2.05, 4.69) is 17.9 Å². The summed E-state index contributed by atoms with van der Waals surface area (Å²) in [4.78, 5) is 2.53. The Morgan fingerprint density at radius 3 is 2.61 bits per heavy atom. The summed E-state index contributed by atoms with van der Waals surface area (Å²) in [7, 11) is 0. The average Bonchev–Trinajstić information content (AvgIpc) is 2.39. The molecule has 1 aliphatic rings. The van der Waals surface area contributed by atoms with Gasteiger partial charge in [-0.15, -0.1) is 0 Å². The van der Waals surface area contributed by atoms with Crippen molar-refractivity contribution in [1.29, 1.82) is 0 Å². The molecule has 0 aromatic heterocycles. The van der Waals surface area contributed by atoms with Gasteiger partial charge in [0.15, 0.2) is 0 Å². The SMILES string of the molecule is CC1CCN(CC(CN)c2ccccc2Cl)CC1. The highest BCUT2D eigenvalue weighted by molar-refractivity contribution is 6.31. The van der Waals surface area contributed by atoms with E-state index < -0.39 is 0 Å². The highest BCUT2D eigenvalue weighted by Crippen LogP contribution is 2.26. The van der Waals surface area contributed by atoms with Gasteiger partial charge in [0.05, 0.1) is 0 Å². The van der Waals surface area contributed by atoms with Crippen LogP contribution in [0.3, 0.4) is 0 Å². The topological polar surface area (TPSA) is 29.3 Å². The number of hydrogen-bond acceptors (Lipinski definition) is 2. The summed E-state index contributed by atoms with van der Waals surface area (Å²) in [5.41, 5.74) is 7.13. The van der Waals surface area contributed by atoms with Crippen LogP contribution < -0.4 is 5.73 Å². The third-order valence-electron chi connectivity index (χ3n) is 3.98. The lowest BCUT2D eigenvalue weighted by Gasteiger charge is -2.33. The van der Waals surface area contributed by atoms with Crippen LogP contribution in [0.4, 0.5) is 0 Å². The van der Waals surface area contributed by atoms with Gasteiger partial charge in [0.2, 0.25) is 0 Å². The second kappa shape index (κ2) is 6.55. The first-order valence-corrected chi connectivity index (χ1v) is 7.25. The molecule has 0 aliphatic carbocycles. The highest BCUT2D eigenvalue weighted by Gasteiger charge is 2.20. The molecule has 3 heteroatoms. The normalized spacial score (nSPS) is 19.9. The van der Waals surface area contributed by atoms with Crippen LogP contribution in [0.25, 0.3) is 0 Å². The van der Waals surface area contributed by atoms with Crippen molar-refractivity contribution in [3.63, 3.8) is 0 Å². The van der Waals surface area contributed by atoms with Crippen LogP contribution in [0, 0.1) is 5.92 Å². The van der Waals surface area contributed by atoms with E-state index in [9.17, 15) is 0 Å². The lowest BCUT2D eigenvalue weighted by molar-refractivity contribution is 0.183. The van der Waals surface area contributed by atoms with Gasteiger partial charge in [-0.05, 0) is 43.5 Å². The maximum absolute atomic E-state index is 6.26. The minimum atomic E-state index is 0.354. The second-order valence-electron chi connectivity index (χ2n) is 5.44. The molecule has 0 saturated carbocycles. The Labute approximate surface area is 115 Å². The number of benzene rings is 1. The summed E-state index contributed by atoms with van der Waals surface area (Å²) < 4.78 is 0. The van der Waals surface area contributed by atoms with E-state index in [0.29, 0.717) is 12.5 Å². The number of nitrogens with two attached hydrogens (primary N) is 1. The second-order valence-corrected chi connectivity index (χ2v) is 5.84. The van der Waals surface area contributed by atoms with Gasteiger partial charge in [-0.3, -0.25) is 0 Å². The number of likely N-dealkylation sites (tertiary alicyclic amines) is 1. The molecule has 1 heterocycles. The zero-order valence-corrected chi connectivity index (χ0v) is 11.9. The molecule has 0 bridgehead atoms. The fraction of sp³-hybridized carbons (Fsp3) is 0.600. The molecule has 2 rings (SSSR count). The van der Waals surface area contributed by atoms with E-state index in [1.54, 1.807) is 0 Å². The predicted molar refractivity (Wildman–Crippen MR) is 78.1 cm³/mol. The van der Waals surface area contributed by atoms with Crippen molar-refractivity contribution in [3.05, 3.63) is 34.9 Å². The van der Waals surface area contributed by atoms with Crippen molar-refractivity contribution in [2.45, 2.75) is 25.7 Å². The third kappa shape index (κ3) is 3.47. The van der Waals surface area contributed by atoms with Crippen LogP contribution in [-0.4, -0.2) is 31.1 Å². The molecule has 1 aromatic rings. The average molecular weight is 267 g/mol. The van der Waals surface area contributed by atoms with Gasteiger partial charge in [-0.1, -0.05) is 36.7 Å². The lowest BCUT2D eigenvalue weighted by Crippen LogP contribution is -2.37. The lowest BCUT2D eigenvalue weighted by atomic mass is 9.95. The van der Waals surface area contributed by atoms with Crippen molar-refractivity contribution in [2.24, 2.45) is 11.7 Å². The van der Waals surface area contributed by atoms with E-state index in [1.165, 1.54) is 31.5 Å². The van der Waals surface area contributed by atoms with E-state index in [0.717, 1.165) is 17.5 Å². The summed E-state index contributed by atoms with van der Waals surface area (Å²) in [6.45, 7) is 6.43. The van der Waals surface area contributed by atoms with Crippen molar-refractivity contribution < 1.29 is 0 Å². The van der Waals surface area contributed by atoms with Gasteiger partial charge in [0.25, 0.3) is 0 Å². The molecule has 1 atom stereocenters. The molecule has 0 radical (unpaired) electrons. The minimum Gasteiger partial charge on any atom is -0.330 e. The fourth-order valence-electron chi connectivity index (χ4n) is 2.66. The molecule has 1 saturated heterocycles. The van der Waals surface area contributed by atoms with E-state index >= 15 is 0 Å². The standard InChI is InChI=1S/C15H23ClN2/c1-12-6-8-18(9-7-12)11-13(10-17)14-4-2-3-5-15(14)16/h2-5,12-13H,6-11,17H2,1H3. The van der Waals surface area contributed by atoms with Crippen molar-refractivity contribution >= 4 is 11.6 Å². The molecule has 18 heavy (non-hydrogen) atoms. The van der Waals surface area contributed by atoms with Crippen LogP contribution in [0.15, 0.2) is 24.3 Å². The maximum Gasteiger partial charge on any atom is 0.0441 e. The Morgan fingerprint density at radius 2 is 2.00 bits per heavy atom. The van der Waals surface area contributed by atoms with E-state index in [4.69, 9.17) is 17.3 Å². The van der Waals surface area contributed by atoms with Gasteiger partial charge < -0.3 is 10.6 Å². The van der Waals surface area contributed by atoms with Crippen LogP contribution in [-0.2, 0) is 0 Å². The maximum atomic E-state index is 6.26. The van der Waals surface area contributed by atoms with Crippen LogP contribution in [0.1, 0.15) is 31.2 Å². The summed E-state index contributed by atoms with van der Waals surface area (Å²) in [6.07, 6.45) is 2.61. The van der Waals surface area contributed by atoms with Crippen LogP contribution in [0.2, 0.25) is 5.02 Å². The molecule has 100 valence electrons. The monoisotopic (exact) mass is 266 g/mol. The van der Waals surface area contributed by atoms with Gasteiger partial charge in [-0.25, -0.2) is 0 Å². The smallest absolute Gasteiger partial charge is 0.0441 e. The molecule has 1 fully saturated rings. The van der Waals surface area contributed by atoms with Crippen LogP contribution in [0.5, 0.6) is 0 Å². The predicted octanol–water partition coefficient (Wildman–Crippen LogP) is 3.11. The van der Waals surface area contributed by atoms with Gasteiger partial charge in [0, 0.05) is 24.0 Å². The molecule has 1 aliphatic heterocycles. The molecular weight excluding hydrogens is 244 g/mol. The Hall–Kier alpha value is -0.570. The first-order chi connectivity index (χ1) is 8.70. The molecule has 1 unspecified atom stereocenters. The summed E-state index contributed by atoms with van der Waals surface area (Å²) >= 11 is 6.26. The van der Waals surface area contributed by atoms with Gasteiger partial charge in [0.1, 0.15) is 0 Å². The number of nitrogens with zero attached hydrogens (tertiary/aromatic N) is 1. The Bertz CT molecular complexity index is 373. The largest absolute Gasteiger partial charge is 0.330 e.